The van der Waals surface area contributed by atoms with Crippen molar-refractivity contribution in [3.05, 3.63) is 32.7 Å². The van der Waals surface area contributed by atoms with E-state index >= 15 is 0 Å². The standard InChI is InChI=1S/C13H15Br2NO3/c14-10-5-9(6-11(15)7-10)12(17)16-8-13(18)1-3-19-4-2-13/h5-7,18H,1-4,8H2,(H,16,17). The topological polar surface area (TPSA) is 58.6 Å². The smallest absolute Gasteiger partial charge is 0.251 e. The summed E-state index contributed by atoms with van der Waals surface area (Å²) in [6.07, 6.45) is 1.10. The van der Waals surface area contributed by atoms with Gasteiger partial charge < -0.3 is 15.2 Å². The summed E-state index contributed by atoms with van der Waals surface area (Å²) in [5, 5.41) is 13.0. The van der Waals surface area contributed by atoms with Gasteiger partial charge in [-0.1, -0.05) is 31.9 Å². The van der Waals surface area contributed by atoms with Crippen LogP contribution in [0.1, 0.15) is 23.2 Å². The number of rotatable bonds is 3. The summed E-state index contributed by atoms with van der Waals surface area (Å²) in [6.45, 7) is 1.32. The number of aliphatic hydroxyl groups is 1. The van der Waals surface area contributed by atoms with E-state index in [0.717, 1.165) is 8.95 Å². The third-order valence-electron chi connectivity index (χ3n) is 3.13. The monoisotopic (exact) mass is 391 g/mol. The largest absolute Gasteiger partial charge is 0.388 e. The van der Waals surface area contributed by atoms with E-state index in [4.69, 9.17) is 4.74 Å². The molecule has 0 unspecified atom stereocenters. The zero-order valence-electron chi connectivity index (χ0n) is 10.3. The van der Waals surface area contributed by atoms with E-state index in [1.807, 2.05) is 6.07 Å². The van der Waals surface area contributed by atoms with Crippen LogP contribution in [0.4, 0.5) is 0 Å². The zero-order chi connectivity index (χ0) is 13.9. The van der Waals surface area contributed by atoms with Crippen LogP contribution < -0.4 is 5.32 Å². The Kier molecular flexibility index (Phi) is 5.00. The number of halogens is 2. The highest BCUT2D eigenvalue weighted by Crippen LogP contribution is 2.21. The third kappa shape index (κ3) is 4.27. The minimum atomic E-state index is -0.850. The van der Waals surface area contributed by atoms with Gasteiger partial charge >= 0.3 is 0 Å². The molecule has 0 spiro atoms. The Morgan fingerprint density at radius 1 is 1.26 bits per heavy atom. The Bertz CT molecular complexity index is 453. The second kappa shape index (κ2) is 6.35. The van der Waals surface area contributed by atoms with E-state index in [9.17, 15) is 9.90 Å². The second-order valence-electron chi connectivity index (χ2n) is 4.68. The molecule has 0 radical (unpaired) electrons. The minimum Gasteiger partial charge on any atom is -0.388 e. The van der Waals surface area contributed by atoms with Crippen molar-refractivity contribution >= 4 is 37.8 Å². The van der Waals surface area contributed by atoms with Crippen LogP contribution in [0.25, 0.3) is 0 Å². The number of carbonyl (C=O) groups excluding carboxylic acids is 1. The van der Waals surface area contributed by atoms with Gasteiger partial charge in [-0.15, -0.1) is 0 Å². The van der Waals surface area contributed by atoms with E-state index in [1.165, 1.54) is 0 Å². The molecule has 0 aromatic heterocycles. The van der Waals surface area contributed by atoms with Crippen molar-refractivity contribution in [2.75, 3.05) is 19.8 Å². The average molecular weight is 393 g/mol. The van der Waals surface area contributed by atoms with Crippen LogP contribution >= 0.6 is 31.9 Å². The SMILES string of the molecule is O=C(NCC1(O)CCOCC1)c1cc(Br)cc(Br)c1. The Morgan fingerprint density at radius 3 is 2.42 bits per heavy atom. The lowest BCUT2D eigenvalue weighted by Crippen LogP contribution is -2.46. The Morgan fingerprint density at radius 2 is 1.84 bits per heavy atom. The van der Waals surface area contributed by atoms with Crippen LogP contribution in [0.15, 0.2) is 27.1 Å². The molecule has 1 aromatic rings. The first-order valence-electron chi connectivity index (χ1n) is 6.03. The number of hydrogen-bond acceptors (Lipinski definition) is 3. The van der Waals surface area contributed by atoms with Gasteiger partial charge in [-0.3, -0.25) is 4.79 Å². The molecule has 1 heterocycles. The Hall–Kier alpha value is -0.430. The summed E-state index contributed by atoms with van der Waals surface area (Å²) in [6, 6.07) is 5.35. The number of carbonyl (C=O) groups is 1. The molecule has 0 saturated carbocycles. The molecule has 0 aliphatic carbocycles. The molecule has 1 saturated heterocycles. The van der Waals surface area contributed by atoms with E-state index in [-0.39, 0.29) is 12.5 Å². The van der Waals surface area contributed by atoms with E-state index in [2.05, 4.69) is 37.2 Å². The van der Waals surface area contributed by atoms with Crippen LogP contribution in [0.2, 0.25) is 0 Å². The third-order valence-corrected chi connectivity index (χ3v) is 4.04. The van der Waals surface area contributed by atoms with Gasteiger partial charge in [0.1, 0.15) is 0 Å². The zero-order valence-corrected chi connectivity index (χ0v) is 13.5. The molecular formula is C13H15Br2NO3. The van der Waals surface area contributed by atoms with Crippen LogP contribution in [-0.4, -0.2) is 36.4 Å². The molecule has 1 aliphatic heterocycles. The van der Waals surface area contributed by atoms with E-state index in [0.29, 0.717) is 31.6 Å². The summed E-state index contributed by atoms with van der Waals surface area (Å²) < 4.78 is 6.86. The van der Waals surface area contributed by atoms with E-state index in [1.54, 1.807) is 12.1 Å². The van der Waals surface area contributed by atoms with Gasteiger partial charge in [-0.25, -0.2) is 0 Å². The van der Waals surface area contributed by atoms with E-state index < -0.39 is 5.60 Å². The first-order chi connectivity index (χ1) is 8.98. The van der Waals surface area contributed by atoms with Crippen molar-refractivity contribution in [1.82, 2.24) is 5.32 Å². The number of hydrogen-bond donors (Lipinski definition) is 2. The summed E-state index contributed by atoms with van der Waals surface area (Å²) in [7, 11) is 0. The maximum atomic E-state index is 12.0. The molecule has 104 valence electrons. The molecule has 1 aromatic carbocycles. The van der Waals surface area contributed by atoms with Crippen molar-refractivity contribution in [3.63, 3.8) is 0 Å². The summed E-state index contributed by atoms with van der Waals surface area (Å²) in [5.74, 6) is -0.193. The van der Waals surface area contributed by atoms with Gasteiger partial charge in [0.2, 0.25) is 0 Å². The predicted octanol–water partition coefficient (Wildman–Crippen LogP) is 2.48. The van der Waals surface area contributed by atoms with Crippen LogP contribution in [-0.2, 0) is 4.74 Å². The van der Waals surface area contributed by atoms with Crippen LogP contribution in [0, 0.1) is 0 Å². The van der Waals surface area contributed by atoms with Gasteiger partial charge in [-0.05, 0) is 18.2 Å². The molecule has 2 N–H and O–H groups in total. The number of ether oxygens (including phenoxy) is 1. The molecule has 1 aliphatic rings. The van der Waals surface area contributed by atoms with Crippen molar-refractivity contribution in [3.8, 4) is 0 Å². The fourth-order valence-electron chi connectivity index (χ4n) is 1.96. The van der Waals surface area contributed by atoms with Crippen molar-refractivity contribution in [2.24, 2.45) is 0 Å². The maximum Gasteiger partial charge on any atom is 0.251 e. The molecule has 1 amide bonds. The van der Waals surface area contributed by atoms with Gasteiger partial charge in [0.25, 0.3) is 5.91 Å². The Balaban J connectivity index is 1.97. The summed E-state index contributed by atoms with van der Waals surface area (Å²) in [5.41, 5.74) is -0.297. The predicted molar refractivity (Wildman–Crippen MR) is 79.2 cm³/mol. The first-order valence-corrected chi connectivity index (χ1v) is 7.62. The second-order valence-corrected chi connectivity index (χ2v) is 6.51. The number of amides is 1. The van der Waals surface area contributed by atoms with Crippen molar-refractivity contribution in [1.29, 1.82) is 0 Å². The van der Waals surface area contributed by atoms with Gasteiger partial charge in [-0.2, -0.15) is 0 Å². The van der Waals surface area contributed by atoms with Crippen LogP contribution in [0.5, 0.6) is 0 Å². The summed E-state index contributed by atoms with van der Waals surface area (Å²) in [4.78, 5) is 12.0. The highest BCUT2D eigenvalue weighted by Gasteiger charge is 2.30. The molecular weight excluding hydrogens is 378 g/mol. The summed E-state index contributed by atoms with van der Waals surface area (Å²) >= 11 is 6.69. The lowest BCUT2D eigenvalue weighted by Gasteiger charge is -2.32. The minimum absolute atomic E-state index is 0.193. The Labute approximate surface area is 128 Å². The van der Waals surface area contributed by atoms with Gasteiger partial charge in [0.15, 0.2) is 0 Å². The van der Waals surface area contributed by atoms with Crippen LogP contribution in [0.3, 0.4) is 0 Å². The maximum absolute atomic E-state index is 12.0. The first kappa shape index (κ1) is 15.0. The molecule has 1 fully saturated rings. The molecule has 0 atom stereocenters. The van der Waals surface area contributed by atoms with Crippen molar-refractivity contribution < 1.29 is 14.6 Å². The average Bonchev–Trinajstić information content (AvgIpc) is 2.36. The molecule has 0 bridgehead atoms. The normalized spacial score (nSPS) is 18.1. The highest BCUT2D eigenvalue weighted by atomic mass is 79.9. The number of benzene rings is 1. The fourth-order valence-corrected chi connectivity index (χ4v) is 3.25. The lowest BCUT2D eigenvalue weighted by molar-refractivity contribution is -0.0605. The fraction of sp³-hybridized carbons (Fsp3) is 0.462. The molecule has 4 nitrogen and oxygen atoms in total. The van der Waals surface area contributed by atoms with Crippen molar-refractivity contribution in [2.45, 2.75) is 18.4 Å². The molecule has 6 heteroatoms. The quantitative estimate of drug-likeness (QED) is 0.830. The molecule has 2 rings (SSSR count). The van der Waals surface area contributed by atoms with Gasteiger partial charge in [0.05, 0.1) is 5.60 Å². The molecule has 19 heavy (non-hydrogen) atoms. The lowest BCUT2D eigenvalue weighted by atomic mass is 9.94. The van der Waals surface area contributed by atoms with Gasteiger partial charge in [0, 0.05) is 47.1 Å². The number of nitrogens with one attached hydrogen (secondary N) is 1. The highest BCUT2D eigenvalue weighted by molar-refractivity contribution is 9.11.